The first kappa shape index (κ1) is 14.8. The Hall–Kier alpha value is -1.09. The summed E-state index contributed by atoms with van der Waals surface area (Å²) < 4.78 is 14.4. The molecular formula is C18H27FN2. The van der Waals surface area contributed by atoms with Crippen LogP contribution in [0.1, 0.15) is 51.0 Å². The smallest absolute Gasteiger partial charge is 0.146 e. The Morgan fingerprint density at radius 1 is 1.29 bits per heavy atom. The standard InChI is InChI=1S/C18H27FN2/c1-3-15-12-20-18(9-5-4-6-10-18)13-21(15)17-11-14(2)7-8-16(17)19/h7-8,11,15,20H,3-6,9-10,12-13H2,1-2H3. The molecule has 21 heavy (non-hydrogen) atoms. The molecule has 116 valence electrons. The van der Waals surface area contributed by atoms with Gasteiger partial charge >= 0.3 is 0 Å². The highest BCUT2D eigenvalue weighted by molar-refractivity contribution is 5.52. The van der Waals surface area contributed by atoms with Gasteiger partial charge in [0.15, 0.2) is 0 Å². The van der Waals surface area contributed by atoms with Crippen LogP contribution in [0.2, 0.25) is 0 Å². The largest absolute Gasteiger partial charge is 0.363 e. The Bertz CT molecular complexity index is 494. The Kier molecular flexibility index (Phi) is 4.21. The molecule has 1 aromatic carbocycles. The zero-order valence-electron chi connectivity index (χ0n) is 13.3. The lowest BCUT2D eigenvalue weighted by Crippen LogP contribution is -2.65. The van der Waals surface area contributed by atoms with Crippen molar-refractivity contribution in [2.45, 2.75) is 64.0 Å². The summed E-state index contributed by atoms with van der Waals surface area (Å²) >= 11 is 0. The fraction of sp³-hybridized carbons (Fsp3) is 0.667. The SMILES string of the molecule is CCC1CNC2(CCCCC2)CN1c1cc(C)ccc1F. The van der Waals surface area contributed by atoms with E-state index in [1.807, 2.05) is 19.1 Å². The minimum absolute atomic E-state index is 0.0769. The van der Waals surface area contributed by atoms with Crippen LogP contribution in [-0.4, -0.2) is 24.7 Å². The van der Waals surface area contributed by atoms with Gasteiger partial charge < -0.3 is 10.2 Å². The molecule has 2 aliphatic rings. The van der Waals surface area contributed by atoms with Crippen LogP contribution < -0.4 is 10.2 Å². The number of nitrogens with zero attached hydrogens (tertiary/aromatic N) is 1. The van der Waals surface area contributed by atoms with Crippen LogP contribution in [0.4, 0.5) is 10.1 Å². The maximum absolute atomic E-state index is 14.4. The monoisotopic (exact) mass is 290 g/mol. The van der Waals surface area contributed by atoms with E-state index in [1.54, 1.807) is 6.07 Å². The molecule has 1 atom stereocenters. The highest BCUT2D eigenvalue weighted by atomic mass is 19.1. The quantitative estimate of drug-likeness (QED) is 0.885. The second-order valence-corrected chi connectivity index (χ2v) is 6.87. The zero-order chi connectivity index (χ0) is 14.9. The van der Waals surface area contributed by atoms with E-state index >= 15 is 0 Å². The van der Waals surface area contributed by atoms with Gasteiger partial charge in [-0.2, -0.15) is 0 Å². The summed E-state index contributed by atoms with van der Waals surface area (Å²) in [6, 6.07) is 5.89. The van der Waals surface area contributed by atoms with Gasteiger partial charge in [-0.15, -0.1) is 0 Å². The molecule has 0 aromatic heterocycles. The molecule has 1 N–H and O–H groups in total. The predicted octanol–water partition coefficient (Wildman–Crippen LogP) is 4.03. The van der Waals surface area contributed by atoms with E-state index in [9.17, 15) is 4.39 Å². The molecule has 3 rings (SSSR count). The second-order valence-electron chi connectivity index (χ2n) is 6.87. The van der Waals surface area contributed by atoms with Gasteiger partial charge in [0.05, 0.1) is 5.69 Å². The summed E-state index contributed by atoms with van der Waals surface area (Å²) in [5.74, 6) is -0.0769. The molecule has 2 fully saturated rings. The van der Waals surface area contributed by atoms with Gasteiger partial charge in [0, 0.05) is 24.7 Å². The molecule has 3 heteroatoms. The van der Waals surface area contributed by atoms with E-state index in [4.69, 9.17) is 0 Å². The molecule has 1 aliphatic carbocycles. The van der Waals surface area contributed by atoms with Crippen LogP contribution in [0.3, 0.4) is 0 Å². The van der Waals surface area contributed by atoms with Gasteiger partial charge in [-0.1, -0.05) is 32.3 Å². The highest BCUT2D eigenvalue weighted by Gasteiger charge is 2.40. The van der Waals surface area contributed by atoms with E-state index in [-0.39, 0.29) is 11.4 Å². The first-order valence-electron chi connectivity index (χ1n) is 8.41. The summed E-state index contributed by atoms with van der Waals surface area (Å²) in [7, 11) is 0. The molecule has 1 aliphatic heterocycles. The van der Waals surface area contributed by atoms with E-state index in [0.717, 1.165) is 30.8 Å². The fourth-order valence-corrected chi connectivity index (χ4v) is 4.01. The average molecular weight is 290 g/mol. The normalized spacial score (nSPS) is 25.3. The number of aryl methyl sites for hydroxylation is 1. The number of hydrogen-bond acceptors (Lipinski definition) is 2. The van der Waals surface area contributed by atoms with Crippen LogP contribution in [0.25, 0.3) is 0 Å². The predicted molar refractivity (Wildman–Crippen MR) is 86.4 cm³/mol. The fourth-order valence-electron chi connectivity index (χ4n) is 4.01. The van der Waals surface area contributed by atoms with Gasteiger partial charge in [0.2, 0.25) is 0 Å². The van der Waals surface area contributed by atoms with Crippen LogP contribution in [0.15, 0.2) is 18.2 Å². The summed E-state index contributed by atoms with van der Waals surface area (Å²) in [6.45, 7) is 6.17. The van der Waals surface area contributed by atoms with Crippen molar-refractivity contribution in [3.63, 3.8) is 0 Å². The van der Waals surface area contributed by atoms with Crippen LogP contribution >= 0.6 is 0 Å². The van der Waals surface area contributed by atoms with E-state index in [1.165, 1.54) is 32.1 Å². The second kappa shape index (κ2) is 5.96. The third-order valence-corrected chi connectivity index (χ3v) is 5.32. The molecule has 0 amide bonds. The van der Waals surface area contributed by atoms with Crippen molar-refractivity contribution in [2.24, 2.45) is 0 Å². The van der Waals surface area contributed by atoms with Crippen molar-refractivity contribution in [3.8, 4) is 0 Å². The molecule has 1 saturated heterocycles. The number of halogens is 1. The molecule has 1 unspecified atom stereocenters. The van der Waals surface area contributed by atoms with Crippen molar-refractivity contribution < 1.29 is 4.39 Å². The maximum Gasteiger partial charge on any atom is 0.146 e. The van der Waals surface area contributed by atoms with Gasteiger partial charge in [-0.3, -0.25) is 0 Å². The molecule has 0 radical (unpaired) electrons. The van der Waals surface area contributed by atoms with Gasteiger partial charge in [0.25, 0.3) is 0 Å². The minimum Gasteiger partial charge on any atom is -0.363 e. The third-order valence-electron chi connectivity index (χ3n) is 5.32. The number of piperazine rings is 1. The lowest BCUT2D eigenvalue weighted by Gasteiger charge is -2.50. The average Bonchev–Trinajstić information content (AvgIpc) is 2.50. The lowest BCUT2D eigenvalue weighted by atomic mass is 9.79. The van der Waals surface area contributed by atoms with E-state index in [0.29, 0.717) is 6.04 Å². The van der Waals surface area contributed by atoms with E-state index in [2.05, 4.69) is 17.1 Å². The summed E-state index contributed by atoms with van der Waals surface area (Å²) in [4.78, 5) is 2.34. The summed E-state index contributed by atoms with van der Waals surface area (Å²) in [5, 5.41) is 3.81. The minimum atomic E-state index is -0.0769. The number of rotatable bonds is 2. The van der Waals surface area contributed by atoms with E-state index < -0.39 is 0 Å². The van der Waals surface area contributed by atoms with Crippen molar-refractivity contribution in [3.05, 3.63) is 29.6 Å². The molecule has 1 spiro atoms. The van der Waals surface area contributed by atoms with Crippen LogP contribution in [-0.2, 0) is 0 Å². The molecule has 1 saturated carbocycles. The first-order chi connectivity index (χ1) is 10.1. The zero-order valence-corrected chi connectivity index (χ0v) is 13.3. The number of anilines is 1. The topological polar surface area (TPSA) is 15.3 Å². The molecule has 2 nitrogen and oxygen atoms in total. The Morgan fingerprint density at radius 2 is 2.05 bits per heavy atom. The molecular weight excluding hydrogens is 263 g/mol. The first-order valence-corrected chi connectivity index (χ1v) is 8.41. The number of benzene rings is 1. The Balaban J connectivity index is 1.90. The van der Waals surface area contributed by atoms with Gasteiger partial charge in [-0.05, 0) is 43.9 Å². The Labute approximate surface area is 127 Å². The molecule has 1 heterocycles. The summed E-state index contributed by atoms with van der Waals surface area (Å²) in [5.41, 5.74) is 2.14. The Morgan fingerprint density at radius 3 is 2.76 bits per heavy atom. The molecule has 0 bridgehead atoms. The van der Waals surface area contributed by atoms with Crippen LogP contribution in [0.5, 0.6) is 0 Å². The summed E-state index contributed by atoms with van der Waals surface area (Å²) in [6.07, 6.45) is 7.46. The number of hydrogen-bond donors (Lipinski definition) is 1. The van der Waals surface area contributed by atoms with Crippen molar-refractivity contribution in [2.75, 3.05) is 18.0 Å². The third kappa shape index (κ3) is 2.94. The van der Waals surface area contributed by atoms with Gasteiger partial charge in [-0.25, -0.2) is 4.39 Å². The van der Waals surface area contributed by atoms with Crippen molar-refractivity contribution >= 4 is 5.69 Å². The van der Waals surface area contributed by atoms with Gasteiger partial charge in [0.1, 0.15) is 5.82 Å². The van der Waals surface area contributed by atoms with Crippen molar-refractivity contribution in [1.82, 2.24) is 5.32 Å². The lowest BCUT2D eigenvalue weighted by molar-refractivity contribution is 0.195. The molecule has 1 aromatic rings. The highest BCUT2D eigenvalue weighted by Crippen LogP contribution is 2.35. The van der Waals surface area contributed by atoms with Crippen molar-refractivity contribution in [1.29, 1.82) is 0 Å². The maximum atomic E-state index is 14.4. The number of nitrogens with one attached hydrogen (secondary N) is 1. The van der Waals surface area contributed by atoms with Crippen LogP contribution in [0, 0.1) is 12.7 Å².